The summed E-state index contributed by atoms with van der Waals surface area (Å²) in [5.74, 6) is 0.722. The van der Waals surface area contributed by atoms with Crippen molar-refractivity contribution in [2.45, 2.75) is 13.0 Å². The number of tetrazole rings is 1. The minimum absolute atomic E-state index is 0.437. The normalized spacial score (nSPS) is 16.6. The Balaban J connectivity index is 2.17. The van der Waals surface area contributed by atoms with Crippen molar-refractivity contribution >= 4 is 27.8 Å². The van der Waals surface area contributed by atoms with Crippen LogP contribution in [0.4, 0.5) is 5.95 Å². The maximum absolute atomic E-state index is 12.3. The van der Waals surface area contributed by atoms with Crippen molar-refractivity contribution in [2.75, 3.05) is 19.5 Å². The number of allylic oxidation sites excluding steroid dienone is 1. The van der Waals surface area contributed by atoms with Gasteiger partial charge < -0.3 is 14.8 Å². The van der Waals surface area contributed by atoms with Crippen LogP contribution in [0.15, 0.2) is 33.9 Å². The summed E-state index contributed by atoms with van der Waals surface area (Å²) in [5, 5.41) is 14.6. The van der Waals surface area contributed by atoms with Crippen LogP contribution in [-0.4, -0.2) is 40.4 Å². The molecule has 9 heteroatoms. The van der Waals surface area contributed by atoms with Gasteiger partial charge in [-0.2, -0.15) is 4.68 Å². The van der Waals surface area contributed by atoms with Crippen molar-refractivity contribution in [3.63, 3.8) is 0 Å². The van der Waals surface area contributed by atoms with Gasteiger partial charge in [-0.1, -0.05) is 11.2 Å². The highest BCUT2D eigenvalue weighted by Crippen LogP contribution is 2.37. The lowest BCUT2D eigenvalue weighted by atomic mass is 9.96. The molecule has 0 aliphatic carbocycles. The van der Waals surface area contributed by atoms with E-state index in [0.717, 1.165) is 10.0 Å². The van der Waals surface area contributed by atoms with Gasteiger partial charge in [0.05, 0.1) is 24.3 Å². The molecule has 1 aromatic carbocycles. The van der Waals surface area contributed by atoms with Crippen LogP contribution in [0.3, 0.4) is 0 Å². The van der Waals surface area contributed by atoms with E-state index < -0.39 is 12.0 Å². The molecule has 1 aliphatic heterocycles. The molecule has 8 nitrogen and oxygen atoms in total. The number of carbonyl (C=O) groups is 1. The maximum Gasteiger partial charge on any atom is 0.338 e. The van der Waals surface area contributed by atoms with E-state index in [4.69, 9.17) is 9.47 Å². The Kier molecular flexibility index (Phi) is 4.03. The molecule has 0 amide bonds. The first-order valence-corrected chi connectivity index (χ1v) is 7.53. The minimum atomic E-state index is -0.490. The van der Waals surface area contributed by atoms with E-state index >= 15 is 0 Å². The third kappa shape index (κ3) is 2.56. The van der Waals surface area contributed by atoms with Gasteiger partial charge >= 0.3 is 5.97 Å². The molecule has 1 aromatic heterocycles. The fourth-order valence-corrected chi connectivity index (χ4v) is 3.11. The van der Waals surface area contributed by atoms with Gasteiger partial charge in [0.15, 0.2) is 0 Å². The second kappa shape index (κ2) is 5.99. The molecule has 0 saturated heterocycles. The van der Waals surface area contributed by atoms with Gasteiger partial charge in [-0.15, -0.1) is 0 Å². The molecule has 1 N–H and O–H groups in total. The number of aromatic nitrogens is 4. The predicted molar refractivity (Wildman–Crippen MR) is 85.0 cm³/mol. The summed E-state index contributed by atoms with van der Waals surface area (Å²) in [5.41, 5.74) is 1.92. The monoisotopic (exact) mass is 379 g/mol. The van der Waals surface area contributed by atoms with Gasteiger partial charge in [-0.3, -0.25) is 0 Å². The van der Waals surface area contributed by atoms with Gasteiger partial charge in [0, 0.05) is 5.70 Å². The van der Waals surface area contributed by atoms with Gasteiger partial charge in [0.2, 0.25) is 5.95 Å². The molecular formula is C14H14BrN5O3. The number of fused-ring (bicyclic) bond motifs is 1. The molecule has 0 bridgehead atoms. The molecule has 1 atom stereocenters. The van der Waals surface area contributed by atoms with E-state index in [2.05, 4.69) is 36.8 Å². The predicted octanol–water partition coefficient (Wildman–Crippen LogP) is 1.91. The Bertz CT molecular complexity index is 801. The SMILES string of the molecule is COC(=O)C1=C(C)Nc2nnnn2[C@H]1c1ccc(OC)c(Br)c1. The minimum Gasteiger partial charge on any atom is -0.496 e. The number of halogens is 1. The van der Waals surface area contributed by atoms with Gasteiger partial charge in [0.25, 0.3) is 0 Å². The number of methoxy groups -OCH3 is 2. The first-order chi connectivity index (χ1) is 11.1. The summed E-state index contributed by atoms with van der Waals surface area (Å²) >= 11 is 3.46. The van der Waals surface area contributed by atoms with Crippen molar-refractivity contribution in [1.29, 1.82) is 0 Å². The molecule has 120 valence electrons. The van der Waals surface area contributed by atoms with Crippen molar-refractivity contribution in [3.8, 4) is 5.75 Å². The fourth-order valence-electron chi connectivity index (χ4n) is 2.55. The Labute approximate surface area is 140 Å². The Morgan fingerprint density at radius 3 is 2.83 bits per heavy atom. The quantitative estimate of drug-likeness (QED) is 0.814. The van der Waals surface area contributed by atoms with Crippen LogP contribution < -0.4 is 10.1 Å². The van der Waals surface area contributed by atoms with E-state index in [1.807, 2.05) is 18.2 Å². The molecule has 0 radical (unpaired) electrons. The highest BCUT2D eigenvalue weighted by molar-refractivity contribution is 9.10. The molecule has 2 heterocycles. The molecule has 1 aliphatic rings. The first-order valence-electron chi connectivity index (χ1n) is 6.74. The third-order valence-corrected chi connectivity index (χ3v) is 4.23. The molecule has 0 spiro atoms. The highest BCUT2D eigenvalue weighted by Gasteiger charge is 2.34. The van der Waals surface area contributed by atoms with Crippen LogP contribution >= 0.6 is 15.9 Å². The smallest absolute Gasteiger partial charge is 0.338 e. The molecule has 2 aromatic rings. The van der Waals surface area contributed by atoms with Crippen LogP contribution in [0.5, 0.6) is 5.75 Å². The van der Waals surface area contributed by atoms with E-state index in [9.17, 15) is 4.79 Å². The largest absolute Gasteiger partial charge is 0.496 e. The molecule has 0 fully saturated rings. The molecular weight excluding hydrogens is 366 g/mol. The van der Waals surface area contributed by atoms with E-state index in [1.54, 1.807) is 18.7 Å². The number of rotatable bonds is 3. The summed E-state index contributed by atoms with van der Waals surface area (Å²) in [6.07, 6.45) is 0. The average molecular weight is 380 g/mol. The lowest BCUT2D eigenvalue weighted by Gasteiger charge is -2.27. The van der Waals surface area contributed by atoms with Crippen molar-refractivity contribution in [2.24, 2.45) is 0 Å². The number of esters is 1. The second-order valence-electron chi connectivity index (χ2n) is 4.90. The highest BCUT2D eigenvalue weighted by atomic mass is 79.9. The van der Waals surface area contributed by atoms with Crippen molar-refractivity contribution in [3.05, 3.63) is 39.5 Å². The number of nitrogens with one attached hydrogen (secondary N) is 1. The van der Waals surface area contributed by atoms with E-state index in [0.29, 0.717) is 23.0 Å². The van der Waals surface area contributed by atoms with Crippen LogP contribution in [-0.2, 0) is 9.53 Å². The number of ether oxygens (including phenoxy) is 2. The standard InChI is InChI=1S/C14H14BrN5O3/c1-7-11(13(21)23-3)12(20-14(16-7)17-18-19-20)8-4-5-10(22-2)9(15)6-8/h4-6,12H,1-3H3,(H,16,17,19)/t12-/m0/s1. The van der Waals surface area contributed by atoms with Crippen LogP contribution in [0.25, 0.3) is 0 Å². The molecule has 0 unspecified atom stereocenters. The number of hydrogen-bond acceptors (Lipinski definition) is 7. The summed E-state index contributed by atoms with van der Waals surface area (Å²) in [4.78, 5) is 12.3. The zero-order chi connectivity index (χ0) is 16.6. The summed E-state index contributed by atoms with van der Waals surface area (Å²) in [6, 6.07) is 5.06. The van der Waals surface area contributed by atoms with E-state index in [-0.39, 0.29) is 0 Å². The van der Waals surface area contributed by atoms with Crippen LogP contribution in [0.2, 0.25) is 0 Å². The lowest BCUT2D eigenvalue weighted by molar-refractivity contribution is -0.136. The number of hydrogen-bond donors (Lipinski definition) is 1. The number of anilines is 1. The van der Waals surface area contributed by atoms with E-state index in [1.165, 1.54) is 7.11 Å². The van der Waals surface area contributed by atoms with Crippen LogP contribution in [0.1, 0.15) is 18.5 Å². The average Bonchev–Trinajstić information content (AvgIpc) is 3.00. The molecule has 3 rings (SSSR count). The van der Waals surface area contributed by atoms with Gasteiger partial charge in [-0.25, -0.2) is 4.79 Å². The number of nitrogens with zero attached hydrogens (tertiary/aromatic N) is 4. The Morgan fingerprint density at radius 1 is 1.39 bits per heavy atom. The Hall–Kier alpha value is -2.42. The molecule has 0 saturated carbocycles. The fraction of sp³-hybridized carbons (Fsp3) is 0.286. The first kappa shape index (κ1) is 15.5. The van der Waals surface area contributed by atoms with Crippen molar-refractivity contribution < 1.29 is 14.3 Å². The van der Waals surface area contributed by atoms with Crippen molar-refractivity contribution in [1.82, 2.24) is 20.2 Å². The number of benzene rings is 1. The van der Waals surface area contributed by atoms with Crippen LogP contribution in [0, 0.1) is 0 Å². The third-order valence-electron chi connectivity index (χ3n) is 3.61. The lowest BCUT2D eigenvalue weighted by Crippen LogP contribution is -2.29. The second-order valence-corrected chi connectivity index (χ2v) is 5.75. The topological polar surface area (TPSA) is 91.2 Å². The summed E-state index contributed by atoms with van der Waals surface area (Å²) in [7, 11) is 2.94. The zero-order valence-electron chi connectivity index (χ0n) is 12.7. The zero-order valence-corrected chi connectivity index (χ0v) is 14.3. The molecule has 23 heavy (non-hydrogen) atoms. The maximum atomic E-state index is 12.3. The Morgan fingerprint density at radius 2 is 2.17 bits per heavy atom. The van der Waals surface area contributed by atoms with Gasteiger partial charge in [0.1, 0.15) is 11.8 Å². The summed E-state index contributed by atoms with van der Waals surface area (Å²) < 4.78 is 12.5. The van der Waals surface area contributed by atoms with Gasteiger partial charge in [-0.05, 0) is 51.0 Å². The summed E-state index contributed by atoms with van der Waals surface area (Å²) in [6.45, 7) is 1.79. The number of carbonyl (C=O) groups excluding carboxylic acids is 1.